The third kappa shape index (κ3) is 2.72. The van der Waals surface area contributed by atoms with Crippen molar-refractivity contribution < 1.29 is 5.11 Å². The molecule has 0 radical (unpaired) electrons. The summed E-state index contributed by atoms with van der Waals surface area (Å²) < 4.78 is 1.97. The van der Waals surface area contributed by atoms with Crippen LogP contribution in [0.2, 0.25) is 0 Å². The summed E-state index contributed by atoms with van der Waals surface area (Å²) in [6.45, 7) is 5.75. The molecule has 0 saturated heterocycles. The Morgan fingerprint density at radius 3 is 2.50 bits per heavy atom. The third-order valence-electron chi connectivity index (χ3n) is 2.34. The topological polar surface area (TPSA) is 50.9 Å². The first kappa shape index (κ1) is 11.5. The molecule has 80 valence electrons. The third-order valence-corrected chi connectivity index (χ3v) is 3.68. The molecular weight excluding hydrogens is 198 g/mol. The maximum Gasteiger partial charge on any atom is 0.142 e. The molecule has 14 heavy (non-hydrogen) atoms. The Balaban J connectivity index is 2.50. The Morgan fingerprint density at radius 2 is 2.07 bits per heavy atom. The lowest BCUT2D eigenvalue weighted by Crippen LogP contribution is -2.15. The van der Waals surface area contributed by atoms with Gasteiger partial charge in [0, 0.05) is 12.3 Å². The van der Waals surface area contributed by atoms with Gasteiger partial charge in [0.05, 0.1) is 11.9 Å². The summed E-state index contributed by atoms with van der Waals surface area (Å²) in [7, 11) is 1.96. The molecule has 0 amide bonds. The molecule has 0 aliphatic rings. The van der Waals surface area contributed by atoms with Crippen LogP contribution in [-0.2, 0) is 12.8 Å². The number of rotatable bonds is 4. The molecule has 1 rings (SSSR count). The van der Waals surface area contributed by atoms with Crippen LogP contribution < -0.4 is 0 Å². The number of aliphatic hydroxyl groups excluding tert-OH is 1. The summed E-state index contributed by atoms with van der Waals surface area (Å²) in [5, 5.41) is 17.6. The molecule has 0 spiro atoms. The second-order valence-corrected chi connectivity index (χ2v) is 4.84. The summed E-state index contributed by atoms with van der Waals surface area (Å²) in [4.78, 5) is 0. The molecule has 2 atom stereocenters. The van der Waals surface area contributed by atoms with Gasteiger partial charge in [-0.1, -0.05) is 6.92 Å². The summed E-state index contributed by atoms with van der Waals surface area (Å²) in [6, 6.07) is 0. The zero-order valence-electron chi connectivity index (χ0n) is 9.06. The average molecular weight is 215 g/mol. The Labute approximate surface area is 88.7 Å². The van der Waals surface area contributed by atoms with Gasteiger partial charge in [0.1, 0.15) is 11.6 Å². The van der Waals surface area contributed by atoms with E-state index in [1.165, 1.54) is 0 Å². The van der Waals surface area contributed by atoms with Crippen LogP contribution in [0.3, 0.4) is 0 Å². The predicted octanol–water partition coefficient (Wildman–Crippen LogP) is 1.13. The largest absolute Gasteiger partial charge is 0.392 e. The highest BCUT2D eigenvalue weighted by molar-refractivity contribution is 7.99. The lowest BCUT2D eigenvalue weighted by molar-refractivity contribution is 0.196. The first-order valence-corrected chi connectivity index (χ1v) is 5.71. The van der Waals surface area contributed by atoms with Gasteiger partial charge in [-0.2, -0.15) is 0 Å². The minimum Gasteiger partial charge on any atom is -0.392 e. The number of hydrogen-bond acceptors (Lipinski definition) is 4. The highest BCUT2D eigenvalue weighted by Crippen LogP contribution is 2.18. The van der Waals surface area contributed by atoms with Crippen LogP contribution in [-0.4, -0.2) is 31.2 Å². The fraction of sp³-hybridized carbons (Fsp3) is 0.778. The number of hydrogen-bond donors (Lipinski definition) is 1. The lowest BCUT2D eigenvalue weighted by Gasteiger charge is -2.13. The van der Waals surface area contributed by atoms with Crippen LogP contribution in [0.25, 0.3) is 0 Å². The van der Waals surface area contributed by atoms with Gasteiger partial charge in [0.2, 0.25) is 0 Å². The van der Waals surface area contributed by atoms with Crippen LogP contribution in [0.5, 0.6) is 0 Å². The van der Waals surface area contributed by atoms with Crippen molar-refractivity contribution in [3.05, 3.63) is 11.6 Å². The zero-order valence-corrected chi connectivity index (χ0v) is 9.88. The van der Waals surface area contributed by atoms with Crippen molar-refractivity contribution in [1.29, 1.82) is 0 Å². The van der Waals surface area contributed by atoms with Crippen molar-refractivity contribution in [1.82, 2.24) is 14.8 Å². The molecule has 1 heterocycles. The fourth-order valence-electron chi connectivity index (χ4n) is 0.922. The summed E-state index contributed by atoms with van der Waals surface area (Å²) in [5.74, 6) is 2.67. The number of aryl methyl sites for hydroxylation is 1. The van der Waals surface area contributed by atoms with Crippen molar-refractivity contribution >= 4 is 11.8 Å². The highest BCUT2D eigenvalue weighted by atomic mass is 32.2. The molecule has 0 saturated carbocycles. The van der Waals surface area contributed by atoms with Crippen molar-refractivity contribution in [3.8, 4) is 0 Å². The zero-order chi connectivity index (χ0) is 10.7. The van der Waals surface area contributed by atoms with Crippen molar-refractivity contribution in [3.63, 3.8) is 0 Å². The molecule has 4 nitrogen and oxygen atoms in total. The number of aromatic nitrogens is 3. The normalized spacial score (nSPS) is 15.5. The lowest BCUT2D eigenvalue weighted by atomic mass is 10.3. The minimum absolute atomic E-state index is 0.229. The van der Waals surface area contributed by atoms with E-state index < -0.39 is 0 Å². The van der Waals surface area contributed by atoms with Gasteiger partial charge in [-0.15, -0.1) is 22.0 Å². The van der Waals surface area contributed by atoms with E-state index in [2.05, 4.69) is 10.2 Å². The van der Waals surface area contributed by atoms with E-state index in [-0.39, 0.29) is 11.4 Å². The van der Waals surface area contributed by atoms with Gasteiger partial charge in [0.25, 0.3) is 0 Å². The Hall–Kier alpha value is -0.550. The molecule has 1 aromatic heterocycles. The summed E-state index contributed by atoms with van der Waals surface area (Å²) >= 11 is 1.69. The maximum absolute atomic E-state index is 9.31. The first-order chi connectivity index (χ1) is 6.52. The van der Waals surface area contributed by atoms with E-state index in [1.54, 1.807) is 18.7 Å². The quantitative estimate of drug-likeness (QED) is 0.818. The van der Waals surface area contributed by atoms with Gasteiger partial charge in [0.15, 0.2) is 0 Å². The monoisotopic (exact) mass is 215 g/mol. The van der Waals surface area contributed by atoms with Crippen molar-refractivity contribution in [2.45, 2.75) is 37.9 Å². The number of aliphatic hydroxyl groups is 1. The fourth-order valence-corrected chi connectivity index (χ4v) is 1.86. The highest BCUT2D eigenvalue weighted by Gasteiger charge is 2.11. The molecule has 0 aliphatic heterocycles. The molecule has 2 unspecified atom stereocenters. The average Bonchev–Trinajstić information content (AvgIpc) is 2.44. The Morgan fingerprint density at radius 1 is 1.43 bits per heavy atom. The van der Waals surface area contributed by atoms with Crippen LogP contribution >= 0.6 is 11.8 Å². The van der Waals surface area contributed by atoms with Crippen LogP contribution in [0.1, 0.15) is 25.5 Å². The molecule has 1 aromatic rings. The van der Waals surface area contributed by atoms with Crippen molar-refractivity contribution in [2.75, 3.05) is 0 Å². The van der Waals surface area contributed by atoms with Gasteiger partial charge in [-0.05, 0) is 13.8 Å². The van der Waals surface area contributed by atoms with E-state index in [0.717, 1.165) is 17.4 Å². The first-order valence-electron chi connectivity index (χ1n) is 4.67. The van der Waals surface area contributed by atoms with E-state index in [0.29, 0.717) is 0 Å². The standard InChI is InChI=1S/C9H17N3OS/c1-6(13)7(2)14-5-9-11-10-8(3)12(9)4/h6-7,13H,5H2,1-4H3. The molecule has 0 fully saturated rings. The van der Waals surface area contributed by atoms with E-state index in [4.69, 9.17) is 0 Å². The van der Waals surface area contributed by atoms with E-state index >= 15 is 0 Å². The molecule has 0 aliphatic carbocycles. The predicted molar refractivity (Wildman–Crippen MR) is 58.2 cm³/mol. The SMILES string of the molecule is Cc1nnc(CSC(C)C(C)O)n1C. The molecular formula is C9H17N3OS. The van der Waals surface area contributed by atoms with Crippen LogP contribution in [0.15, 0.2) is 0 Å². The van der Waals surface area contributed by atoms with Gasteiger partial charge < -0.3 is 9.67 Å². The maximum atomic E-state index is 9.31. The number of thioether (sulfide) groups is 1. The summed E-state index contributed by atoms with van der Waals surface area (Å²) in [5.41, 5.74) is 0. The molecule has 0 bridgehead atoms. The second-order valence-electron chi connectivity index (χ2n) is 3.48. The Bertz CT molecular complexity index is 298. The van der Waals surface area contributed by atoms with Crippen LogP contribution in [0.4, 0.5) is 0 Å². The van der Waals surface area contributed by atoms with E-state index in [1.807, 2.05) is 25.5 Å². The second kappa shape index (κ2) is 4.79. The van der Waals surface area contributed by atoms with Crippen LogP contribution in [0, 0.1) is 6.92 Å². The molecule has 0 aromatic carbocycles. The van der Waals surface area contributed by atoms with Gasteiger partial charge in [-0.25, -0.2) is 0 Å². The number of nitrogens with zero attached hydrogens (tertiary/aromatic N) is 3. The molecule has 1 N–H and O–H groups in total. The summed E-state index contributed by atoms with van der Waals surface area (Å²) in [6.07, 6.45) is -0.283. The van der Waals surface area contributed by atoms with Crippen molar-refractivity contribution in [2.24, 2.45) is 7.05 Å². The van der Waals surface area contributed by atoms with Gasteiger partial charge >= 0.3 is 0 Å². The Kier molecular flexibility index (Phi) is 3.95. The van der Waals surface area contributed by atoms with E-state index in [9.17, 15) is 5.11 Å². The molecule has 5 heteroatoms. The minimum atomic E-state index is -0.283. The van der Waals surface area contributed by atoms with Gasteiger partial charge in [-0.3, -0.25) is 0 Å². The smallest absolute Gasteiger partial charge is 0.142 e.